The summed E-state index contributed by atoms with van der Waals surface area (Å²) in [5, 5.41) is 0. The fourth-order valence-corrected chi connectivity index (χ4v) is 3.31. The van der Waals surface area contributed by atoms with Crippen LogP contribution in [-0.4, -0.2) is 63.5 Å². The number of esters is 1. The van der Waals surface area contributed by atoms with Crippen LogP contribution < -0.4 is 4.74 Å². The number of carbonyl (C=O) groups excluding carboxylic acids is 1. The fourth-order valence-electron chi connectivity index (χ4n) is 3.31. The molecule has 0 unspecified atom stereocenters. The van der Waals surface area contributed by atoms with Gasteiger partial charge in [-0.05, 0) is 49.4 Å². The summed E-state index contributed by atoms with van der Waals surface area (Å²) in [5.74, 6) is 1.42. The summed E-state index contributed by atoms with van der Waals surface area (Å²) in [6, 6.07) is 13.6. The first-order valence-corrected chi connectivity index (χ1v) is 7.90. The molecule has 1 fully saturated rings. The molecule has 0 bridgehead atoms. The molecule has 1 aliphatic heterocycles. The van der Waals surface area contributed by atoms with Gasteiger partial charge in [-0.1, -0.05) is 24.3 Å². The Labute approximate surface area is 178 Å². The molecule has 0 saturated heterocycles. The van der Waals surface area contributed by atoms with Crippen LogP contribution in [0, 0.1) is 0 Å². The van der Waals surface area contributed by atoms with Gasteiger partial charge in [0.05, 0.1) is 5.56 Å². The van der Waals surface area contributed by atoms with Gasteiger partial charge in [-0.3, -0.25) is 0 Å². The Kier molecular flexibility index (Phi) is 5.59. The van der Waals surface area contributed by atoms with E-state index in [9.17, 15) is 4.79 Å². The van der Waals surface area contributed by atoms with E-state index in [1.165, 1.54) is 0 Å². The third kappa shape index (κ3) is 3.56. The van der Waals surface area contributed by atoms with Crippen molar-refractivity contribution in [2.75, 3.05) is 0 Å². The second-order valence-corrected chi connectivity index (χ2v) is 5.98. The molecule has 0 aromatic heterocycles. The molecule has 2 aromatic carbocycles. The third-order valence-corrected chi connectivity index (χ3v) is 4.49. The predicted molar refractivity (Wildman–Crippen MR) is 89.2 cm³/mol. The minimum Gasteiger partial charge on any atom is -0.459 e. The average Bonchev–Trinajstić information content (AvgIpc) is 3.05. The molecule has 0 N–H and O–H groups in total. The zero-order valence-electron chi connectivity index (χ0n) is 13.4. The molecule has 1 radical (unpaired) electrons. The fraction of sp³-hybridized carbons (Fsp3) is 0.316. The van der Waals surface area contributed by atoms with Gasteiger partial charge >= 0.3 is 5.97 Å². The molecule has 1 heterocycles. The Morgan fingerprint density at radius 1 is 1.00 bits per heavy atom. The van der Waals surface area contributed by atoms with Crippen LogP contribution in [0.2, 0.25) is 0 Å². The molecule has 0 amide bonds. The first kappa shape index (κ1) is 17.2. The van der Waals surface area contributed by atoms with Gasteiger partial charge in [-0.2, -0.15) is 0 Å². The van der Waals surface area contributed by atoms with Crippen molar-refractivity contribution >= 4 is 57.4 Å². The number of para-hydroxylation sites is 1. The van der Waals surface area contributed by atoms with E-state index < -0.39 is 0 Å². The van der Waals surface area contributed by atoms with Crippen molar-refractivity contribution in [3.05, 3.63) is 59.2 Å². The smallest absolute Gasteiger partial charge is 0.338 e. The van der Waals surface area contributed by atoms with Crippen molar-refractivity contribution in [1.29, 1.82) is 0 Å². The second-order valence-electron chi connectivity index (χ2n) is 5.98. The standard InChI is InChI=1S/C19H18O3.K/c20-19(21-14-7-2-3-8-14)15-9-5-11-18-16(15)12-13-6-1-4-10-17(13)22-18;/h1,4-6,9-11,14H,2-3,7-8,12H2;. The Morgan fingerprint density at radius 3 is 2.57 bits per heavy atom. The van der Waals surface area contributed by atoms with Gasteiger partial charge in [-0.25, -0.2) is 4.79 Å². The van der Waals surface area contributed by atoms with Crippen molar-refractivity contribution in [2.24, 2.45) is 0 Å². The summed E-state index contributed by atoms with van der Waals surface area (Å²) in [7, 11) is 0. The number of hydrogen-bond acceptors (Lipinski definition) is 3. The first-order valence-electron chi connectivity index (χ1n) is 7.90. The zero-order chi connectivity index (χ0) is 14.9. The summed E-state index contributed by atoms with van der Waals surface area (Å²) in [4.78, 5) is 12.5. The Hall–Kier alpha value is -0.654. The molecule has 4 heteroatoms. The molecular weight excluding hydrogens is 315 g/mol. The van der Waals surface area contributed by atoms with Crippen LogP contribution in [-0.2, 0) is 11.2 Å². The van der Waals surface area contributed by atoms with Crippen LogP contribution in [0.3, 0.4) is 0 Å². The number of benzene rings is 2. The summed E-state index contributed by atoms with van der Waals surface area (Å²) in [6.45, 7) is 0. The normalized spacial score (nSPS) is 15.8. The van der Waals surface area contributed by atoms with E-state index in [-0.39, 0.29) is 63.5 Å². The van der Waals surface area contributed by atoms with Crippen LogP contribution in [0.15, 0.2) is 42.5 Å². The quantitative estimate of drug-likeness (QED) is 0.523. The van der Waals surface area contributed by atoms with E-state index in [0.717, 1.165) is 48.3 Å². The number of rotatable bonds is 2. The number of hydrogen-bond donors (Lipinski definition) is 0. The van der Waals surface area contributed by atoms with Gasteiger partial charge in [0.2, 0.25) is 0 Å². The summed E-state index contributed by atoms with van der Waals surface area (Å²) in [6.07, 6.45) is 5.07. The number of ether oxygens (including phenoxy) is 2. The molecule has 3 nitrogen and oxygen atoms in total. The van der Waals surface area contributed by atoms with Crippen LogP contribution in [0.4, 0.5) is 0 Å². The number of carbonyl (C=O) groups is 1. The van der Waals surface area contributed by atoms with Gasteiger partial charge in [0.15, 0.2) is 0 Å². The molecule has 113 valence electrons. The Bertz CT molecular complexity index is 720. The van der Waals surface area contributed by atoms with Crippen molar-refractivity contribution in [2.45, 2.75) is 38.2 Å². The molecule has 23 heavy (non-hydrogen) atoms. The van der Waals surface area contributed by atoms with Crippen molar-refractivity contribution < 1.29 is 14.3 Å². The van der Waals surface area contributed by atoms with E-state index >= 15 is 0 Å². The minimum atomic E-state index is -0.216. The van der Waals surface area contributed by atoms with E-state index in [4.69, 9.17) is 9.47 Å². The summed E-state index contributed by atoms with van der Waals surface area (Å²) < 4.78 is 11.6. The van der Waals surface area contributed by atoms with E-state index in [2.05, 4.69) is 0 Å². The molecular formula is C19H18KO3. The topological polar surface area (TPSA) is 35.5 Å². The SMILES string of the molecule is O=C(OC1CCCC1)c1cccc2c1Cc1ccccc1O2.[K]. The maximum Gasteiger partial charge on any atom is 0.338 e. The predicted octanol–water partition coefficient (Wildman–Crippen LogP) is 4.10. The van der Waals surface area contributed by atoms with Crippen molar-refractivity contribution in [3.8, 4) is 11.5 Å². The van der Waals surface area contributed by atoms with Gasteiger partial charge in [-0.15, -0.1) is 0 Å². The second kappa shape index (κ2) is 7.49. The van der Waals surface area contributed by atoms with Crippen LogP contribution >= 0.6 is 0 Å². The molecule has 0 atom stereocenters. The molecule has 2 aliphatic rings. The Balaban J connectivity index is 0.00000156. The van der Waals surface area contributed by atoms with Crippen molar-refractivity contribution in [1.82, 2.24) is 0 Å². The maximum atomic E-state index is 12.5. The van der Waals surface area contributed by atoms with E-state index in [0.29, 0.717) is 12.0 Å². The Morgan fingerprint density at radius 2 is 1.74 bits per heavy atom. The number of fused-ring (bicyclic) bond motifs is 2. The van der Waals surface area contributed by atoms with Crippen LogP contribution in [0.25, 0.3) is 0 Å². The molecule has 4 rings (SSSR count). The van der Waals surface area contributed by atoms with Gasteiger partial charge in [0.25, 0.3) is 0 Å². The molecule has 1 saturated carbocycles. The van der Waals surface area contributed by atoms with E-state index in [1.807, 2.05) is 42.5 Å². The average molecular weight is 333 g/mol. The first-order chi connectivity index (χ1) is 10.8. The third-order valence-electron chi connectivity index (χ3n) is 4.49. The summed E-state index contributed by atoms with van der Waals surface area (Å²) in [5.41, 5.74) is 2.68. The van der Waals surface area contributed by atoms with Crippen LogP contribution in [0.5, 0.6) is 11.5 Å². The van der Waals surface area contributed by atoms with Gasteiger partial charge in [0.1, 0.15) is 17.6 Å². The molecule has 1 aliphatic carbocycles. The van der Waals surface area contributed by atoms with E-state index in [1.54, 1.807) is 0 Å². The van der Waals surface area contributed by atoms with Crippen LogP contribution in [0.1, 0.15) is 47.2 Å². The maximum absolute atomic E-state index is 12.5. The van der Waals surface area contributed by atoms with Gasteiger partial charge < -0.3 is 9.47 Å². The molecule has 0 spiro atoms. The monoisotopic (exact) mass is 333 g/mol. The van der Waals surface area contributed by atoms with Gasteiger partial charge in [0, 0.05) is 63.4 Å². The van der Waals surface area contributed by atoms with Crippen molar-refractivity contribution in [3.63, 3.8) is 0 Å². The molecule has 2 aromatic rings. The minimum absolute atomic E-state index is 0. The largest absolute Gasteiger partial charge is 0.459 e. The summed E-state index contributed by atoms with van der Waals surface area (Å²) >= 11 is 0. The zero-order valence-corrected chi connectivity index (χ0v) is 16.5.